The van der Waals surface area contributed by atoms with Gasteiger partial charge in [0.15, 0.2) is 0 Å². The summed E-state index contributed by atoms with van der Waals surface area (Å²) in [7, 11) is 0. The van der Waals surface area contributed by atoms with E-state index in [2.05, 4.69) is 22.2 Å². The van der Waals surface area contributed by atoms with Crippen LogP contribution in [0.5, 0.6) is 0 Å². The SMILES string of the molecule is CCN(c1cnn(CC)c(=O)c1Cl)C1CC2CCC(C1)N2. The van der Waals surface area contributed by atoms with Crippen molar-refractivity contribution in [3.8, 4) is 0 Å². The fourth-order valence-electron chi connectivity index (χ4n) is 3.79. The van der Waals surface area contributed by atoms with E-state index in [0.29, 0.717) is 29.7 Å². The van der Waals surface area contributed by atoms with Gasteiger partial charge in [0.2, 0.25) is 0 Å². The summed E-state index contributed by atoms with van der Waals surface area (Å²) in [5.74, 6) is 0. The zero-order valence-electron chi connectivity index (χ0n) is 12.7. The van der Waals surface area contributed by atoms with Crippen LogP contribution in [0.3, 0.4) is 0 Å². The highest BCUT2D eigenvalue weighted by molar-refractivity contribution is 6.33. The molecule has 0 aromatic carbocycles. The summed E-state index contributed by atoms with van der Waals surface area (Å²) in [5.41, 5.74) is 0.604. The van der Waals surface area contributed by atoms with Gasteiger partial charge in [0.05, 0.1) is 11.9 Å². The lowest BCUT2D eigenvalue weighted by molar-refractivity contribution is 0.348. The van der Waals surface area contributed by atoms with Gasteiger partial charge in [-0.25, -0.2) is 4.68 Å². The lowest BCUT2D eigenvalue weighted by Crippen LogP contribution is -2.48. The number of aryl methyl sites for hydroxylation is 1. The second-order valence-corrected chi connectivity index (χ2v) is 6.39. The minimum atomic E-state index is -0.188. The Morgan fingerprint density at radius 2 is 2.05 bits per heavy atom. The molecule has 0 radical (unpaired) electrons. The molecule has 0 saturated carbocycles. The minimum Gasteiger partial charge on any atom is -0.366 e. The molecule has 2 atom stereocenters. The quantitative estimate of drug-likeness (QED) is 0.924. The van der Waals surface area contributed by atoms with Crippen LogP contribution in [0.15, 0.2) is 11.0 Å². The summed E-state index contributed by atoms with van der Waals surface area (Å²) >= 11 is 6.33. The van der Waals surface area contributed by atoms with Gasteiger partial charge in [-0.2, -0.15) is 5.10 Å². The van der Waals surface area contributed by atoms with Gasteiger partial charge in [-0.1, -0.05) is 11.6 Å². The predicted molar refractivity (Wildman–Crippen MR) is 85.2 cm³/mol. The average molecular weight is 311 g/mol. The Morgan fingerprint density at radius 1 is 1.38 bits per heavy atom. The molecule has 1 aromatic rings. The summed E-state index contributed by atoms with van der Waals surface area (Å²) in [6, 6.07) is 1.68. The molecular weight excluding hydrogens is 288 g/mol. The van der Waals surface area contributed by atoms with Gasteiger partial charge < -0.3 is 10.2 Å². The smallest absolute Gasteiger partial charge is 0.287 e. The standard InChI is InChI=1S/C15H23ClN4O/c1-3-19(12-7-10-5-6-11(8-12)18-10)13-9-17-20(4-2)15(21)14(13)16/h9-12,18H,3-8H2,1-2H3. The molecule has 2 unspecified atom stereocenters. The van der Waals surface area contributed by atoms with Crippen LogP contribution in [-0.2, 0) is 6.54 Å². The van der Waals surface area contributed by atoms with Crippen molar-refractivity contribution in [1.29, 1.82) is 0 Å². The number of hydrogen-bond acceptors (Lipinski definition) is 4. The molecule has 2 bridgehead atoms. The molecule has 1 aromatic heterocycles. The number of hydrogen-bond donors (Lipinski definition) is 1. The van der Waals surface area contributed by atoms with Gasteiger partial charge in [0.25, 0.3) is 5.56 Å². The first-order valence-electron chi connectivity index (χ1n) is 7.92. The fraction of sp³-hybridized carbons (Fsp3) is 0.733. The third-order valence-electron chi connectivity index (χ3n) is 4.81. The molecule has 6 heteroatoms. The number of halogens is 1. The molecule has 21 heavy (non-hydrogen) atoms. The third-order valence-corrected chi connectivity index (χ3v) is 5.16. The minimum absolute atomic E-state index is 0.188. The number of aromatic nitrogens is 2. The lowest BCUT2D eigenvalue weighted by atomic mass is 9.98. The molecule has 3 heterocycles. The van der Waals surface area contributed by atoms with Crippen molar-refractivity contribution >= 4 is 17.3 Å². The molecule has 2 fully saturated rings. The van der Waals surface area contributed by atoms with Crippen LogP contribution in [0, 0.1) is 0 Å². The molecule has 2 saturated heterocycles. The monoisotopic (exact) mass is 310 g/mol. The Bertz CT molecular complexity index is 561. The van der Waals surface area contributed by atoms with E-state index in [1.165, 1.54) is 17.5 Å². The average Bonchev–Trinajstić information content (AvgIpc) is 2.83. The summed E-state index contributed by atoms with van der Waals surface area (Å²) in [5, 5.41) is 8.20. The Balaban J connectivity index is 1.90. The summed E-state index contributed by atoms with van der Waals surface area (Å²) < 4.78 is 1.41. The molecule has 0 aliphatic carbocycles. The van der Waals surface area contributed by atoms with Crippen molar-refractivity contribution in [3.05, 3.63) is 21.6 Å². The molecule has 116 valence electrons. The first kappa shape index (κ1) is 14.9. The highest BCUT2D eigenvalue weighted by Gasteiger charge is 2.36. The van der Waals surface area contributed by atoms with E-state index in [1.807, 2.05) is 6.92 Å². The molecule has 3 rings (SSSR count). The molecule has 2 aliphatic heterocycles. The van der Waals surface area contributed by atoms with Gasteiger partial charge >= 0.3 is 0 Å². The maximum absolute atomic E-state index is 12.2. The van der Waals surface area contributed by atoms with E-state index < -0.39 is 0 Å². The van der Waals surface area contributed by atoms with Gasteiger partial charge in [-0.3, -0.25) is 4.79 Å². The van der Waals surface area contributed by atoms with Crippen LogP contribution in [0.25, 0.3) is 0 Å². The first-order valence-corrected chi connectivity index (χ1v) is 8.30. The highest BCUT2D eigenvalue weighted by atomic mass is 35.5. The number of fused-ring (bicyclic) bond motifs is 2. The van der Waals surface area contributed by atoms with Crippen molar-refractivity contribution in [3.63, 3.8) is 0 Å². The molecular formula is C15H23ClN4O. The van der Waals surface area contributed by atoms with E-state index >= 15 is 0 Å². The number of rotatable bonds is 4. The molecule has 0 amide bonds. The van der Waals surface area contributed by atoms with Gasteiger partial charge in [-0.15, -0.1) is 0 Å². The zero-order chi connectivity index (χ0) is 15.0. The van der Waals surface area contributed by atoms with E-state index in [1.54, 1.807) is 6.20 Å². The summed E-state index contributed by atoms with van der Waals surface area (Å²) in [4.78, 5) is 14.5. The van der Waals surface area contributed by atoms with Crippen LogP contribution in [0.1, 0.15) is 39.5 Å². The number of nitrogens with zero attached hydrogens (tertiary/aromatic N) is 3. The maximum Gasteiger partial charge on any atom is 0.287 e. The topological polar surface area (TPSA) is 50.2 Å². The zero-order valence-corrected chi connectivity index (χ0v) is 13.4. The van der Waals surface area contributed by atoms with E-state index in [-0.39, 0.29) is 5.56 Å². The summed E-state index contributed by atoms with van der Waals surface area (Å²) in [6.45, 7) is 5.40. The van der Waals surface area contributed by atoms with Gasteiger partial charge in [0.1, 0.15) is 5.02 Å². The molecule has 2 aliphatic rings. The Kier molecular flexibility index (Phi) is 4.22. The molecule has 5 nitrogen and oxygen atoms in total. The normalized spacial score (nSPS) is 27.9. The molecule has 1 N–H and O–H groups in total. The number of anilines is 1. The largest absolute Gasteiger partial charge is 0.366 e. The first-order chi connectivity index (χ1) is 10.1. The van der Waals surface area contributed by atoms with Crippen molar-refractivity contribution in [1.82, 2.24) is 15.1 Å². The fourth-order valence-corrected chi connectivity index (χ4v) is 4.04. The second kappa shape index (κ2) is 5.97. The van der Waals surface area contributed by atoms with E-state index in [9.17, 15) is 4.79 Å². The van der Waals surface area contributed by atoms with Gasteiger partial charge in [0, 0.05) is 31.2 Å². The second-order valence-electron chi connectivity index (χ2n) is 6.01. The van der Waals surface area contributed by atoms with Gasteiger partial charge in [-0.05, 0) is 39.5 Å². The molecule has 0 spiro atoms. The van der Waals surface area contributed by atoms with Crippen molar-refractivity contribution < 1.29 is 0 Å². The van der Waals surface area contributed by atoms with Crippen LogP contribution in [-0.4, -0.2) is 34.5 Å². The van der Waals surface area contributed by atoms with Crippen molar-refractivity contribution in [2.45, 2.75) is 64.2 Å². The Hall–Kier alpha value is -1.07. The number of nitrogens with one attached hydrogen (secondary N) is 1. The van der Waals surface area contributed by atoms with E-state index in [0.717, 1.165) is 25.1 Å². The Labute approximate surface area is 130 Å². The third kappa shape index (κ3) is 2.69. The van der Waals surface area contributed by atoms with Crippen LogP contribution >= 0.6 is 11.6 Å². The van der Waals surface area contributed by atoms with Crippen LogP contribution in [0.2, 0.25) is 5.02 Å². The van der Waals surface area contributed by atoms with Crippen LogP contribution < -0.4 is 15.8 Å². The van der Waals surface area contributed by atoms with Crippen molar-refractivity contribution in [2.24, 2.45) is 0 Å². The maximum atomic E-state index is 12.2. The summed E-state index contributed by atoms with van der Waals surface area (Å²) in [6.07, 6.45) is 6.53. The number of piperidine rings is 1. The lowest BCUT2D eigenvalue weighted by Gasteiger charge is -2.38. The van der Waals surface area contributed by atoms with Crippen LogP contribution in [0.4, 0.5) is 5.69 Å². The van der Waals surface area contributed by atoms with E-state index in [4.69, 9.17) is 11.6 Å². The Morgan fingerprint density at radius 3 is 2.62 bits per heavy atom. The predicted octanol–water partition coefficient (Wildman–Crippen LogP) is 2.03. The highest BCUT2D eigenvalue weighted by Crippen LogP contribution is 2.33. The van der Waals surface area contributed by atoms with Crippen molar-refractivity contribution in [2.75, 3.05) is 11.4 Å².